The van der Waals surface area contributed by atoms with E-state index in [0.717, 1.165) is 30.1 Å². The lowest BCUT2D eigenvalue weighted by molar-refractivity contribution is 0.350. The van der Waals surface area contributed by atoms with Crippen molar-refractivity contribution < 1.29 is 4.74 Å². The molecule has 0 aliphatic carbocycles. The number of para-hydroxylation sites is 1. The van der Waals surface area contributed by atoms with Crippen molar-refractivity contribution in [1.82, 2.24) is 5.43 Å². The zero-order chi connectivity index (χ0) is 14.7. The van der Waals surface area contributed by atoms with Crippen molar-refractivity contribution in [3.05, 3.63) is 59.2 Å². The molecule has 0 bridgehead atoms. The maximum absolute atomic E-state index is 5.78. The van der Waals surface area contributed by atoms with Crippen LogP contribution in [0.3, 0.4) is 0 Å². The average Bonchev–Trinajstić information content (AvgIpc) is 2.97. The topological polar surface area (TPSA) is 47.3 Å². The van der Waals surface area contributed by atoms with Crippen LogP contribution in [0.25, 0.3) is 0 Å². The summed E-state index contributed by atoms with van der Waals surface area (Å²) in [5.74, 6) is 7.67. The summed E-state index contributed by atoms with van der Waals surface area (Å²) in [6, 6.07) is 14.9. The highest BCUT2D eigenvalue weighted by molar-refractivity contribution is 7.99. The van der Waals surface area contributed by atoms with Crippen LogP contribution in [-0.2, 0) is 6.42 Å². The Morgan fingerprint density at radius 2 is 2.14 bits per heavy atom. The van der Waals surface area contributed by atoms with E-state index < -0.39 is 0 Å². The molecular weight excluding hydrogens is 280 g/mol. The van der Waals surface area contributed by atoms with Gasteiger partial charge in [-0.2, -0.15) is 0 Å². The summed E-state index contributed by atoms with van der Waals surface area (Å²) < 4.78 is 5.78. The normalized spacial score (nSPS) is 14.6. The molecule has 1 aliphatic rings. The number of hydrazine groups is 1. The van der Waals surface area contributed by atoms with Gasteiger partial charge in [0.15, 0.2) is 0 Å². The van der Waals surface area contributed by atoms with Crippen molar-refractivity contribution in [2.45, 2.75) is 24.3 Å². The fraction of sp³-hybridized carbons (Fsp3) is 0.294. The van der Waals surface area contributed by atoms with Crippen LogP contribution in [-0.4, -0.2) is 12.4 Å². The maximum atomic E-state index is 5.78. The number of benzene rings is 2. The predicted octanol–water partition coefficient (Wildman–Crippen LogP) is 3.23. The highest BCUT2D eigenvalue weighted by Gasteiger charge is 2.21. The molecule has 0 amide bonds. The average molecular weight is 300 g/mol. The SMILES string of the molecule is Cc1cccc(SCC(NN)c2cccc3c2OCC3)c1. The smallest absolute Gasteiger partial charge is 0.127 e. The van der Waals surface area contributed by atoms with E-state index in [0.29, 0.717) is 0 Å². The van der Waals surface area contributed by atoms with Crippen molar-refractivity contribution in [2.75, 3.05) is 12.4 Å². The van der Waals surface area contributed by atoms with Gasteiger partial charge in [0, 0.05) is 22.6 Å². The number of nitrogens with one attached hydrogen (secondary N) is 1. The molecule has 2 aromatic rings. The van der Waals surface area contributed by atoms with Crippen LogP contribution >= 0.6 is 11.8 Å². The van der Waals surface area contributed by atoms with Gasteiger partial charge < -0.3 is 4.74 Å². The van der Waals surface area contributed by atoms with Crippen molar-refractivity contribution in [2.24, 2.45) is 5.84 Å². The fourth-order valence-corrected chi connectivity index (χ4v) is 3.71. The zero-order valence-corrected chi connectivity index (χ0v) is 13.0. The lowest BCUT2D eigenvalue weighted by atomic mass is 10.0. The number of rotatable bonds is 5. The molecule has 21 heavy (non-hydrogen) atoms. The number of hydrogen-bond acceptors (Lipinski definition) is 4. The number of nitrogens with two attached hydrogens (primary N) is 1. The highest BCUT2D eigenvalue weighted by atomic mass is 32.2. The molecule has 1 unspecified atom stereocenters. The minimum atomic E-state index is 0.0866. The number of hydrogen-bond donors (Lipinski definition) is 2. The third kappa shape index (κ3) is 3.23. The third-order valence-electron chi connectivity index (χ3n) is 3.73. The molecule has 3 nitrogen and oxygen atoms in total. The van der Waals surface area contributed by atoms with Gasteiger partial charge in [0.25, 0.3) is 0 Å². The van der Waals surface area contributed by atoms with Gasteiger partial charge >= 0.3 is 0 Å². The minimum absolute atomic E-state index is 0.0866. The molecule has 0 spiro atoms. The third-order valence-corrected chi connectivity index (χ3v) is 4.81. The van der Waals surface area contributed by atoms with Crippen molar-refractivity contribution in [1.29, 1.82) is 0 Å². The van der Waals surface area contributed by atoms with E-state index in [1.807, 2.05) is 11.8 Å². The standard InChI is InChI=1S/C17H20N2OS/c1-12-4-2-6-14(10-12)21-11-16(19-18)15-7-3-5-13-8-9-20-17(13)15/h2-7,10,16,19H,8-9,11,18H2,1H3. The Morgan fingerprint density at radius 3 is 2.95 bits per heavy atom. The summed E-state index contributed by atoms with van der Waals surface area (Å²) >= 11 is 1.81. The first-order valence-corrected chi connectivity index (χ1v) is 8.16. The molecule has 4 heteroatoms. The van der Waals surface area contributed by atoms with Crippen molar-refractivity contribution in [3.8, 4) is 5.75 Å². The van der Waals surface area contributed by atoms with E-state index in [1.54, 1.807) is 0 Å². The van der Waals surface area contributed by atoms with Crippen molar-refractivity contribution in [3.63, 3.8) is 0 Å². The second-order valence-corrected chi connectivity index (χ2v) is 6.37. The van der Waals surface area contributed by atoms with E-state index in [4.69, 9.17) is 10.6 Å². The van der Waals surface area contributed by atoms with Crippen LogP contribution in [0.15, 0.2) is 47.4 Å². The summed E-state index contributed by atoms with van der Waals surface area (Å²) in [6.45, 7) is 2.88. The molecule has 1 aliphatic heterocycles. The first-order chi connectivity index (χ1) is 10.3. The first-order valence-electron chi connectivity index (χ1n) is 7.18. The number of thioether (sulfide) groups is 1. The second kappa shape index (κ2) is 6.52. The molecule has 3 N–H and O–H groups in total. The second-order valence-electron chi connectivity index (χ2n) is 5.28. The summed E-state index contributed by atoms with van der Waals surface area (Å²) in [7, 11) is 0. The van der Waals surface area contributed by atoms with E-state index in [2.05, 4.69) is 54.8 Å². The van der Waals surface area contributed by atoms with Gasteiger partial charge in [-0.15, -0.1) is 11.8 Å². The lowest BCUT2D eigenvalue weighted by Gasteiger charge is -2.18. The largest absolute Gasteiger partial charge is 0.493 e. The molecule has 110 valence electrons. The molecule has 0 saturated carbocycles. The summed E-state index contributed by atoms with van der Waals surface area (Å²) in [5, 5.41) is 0. The van der Waals surface area contributed by atoms with Gasteiger partial charge in [-0.3, -0.25) is 11.3 Å². The van der Waals surface area contributed by atoms with E-state index >= 15 is 0 Å². The highest BCUT2D eigenvalue weighted by Crippen LogP contribution is 2.35. The van der Waals surface area contributed by atoms with Gasteiger partial charge in [-0.05, 0) is 24.6 Å². The molecule has 2 aromatic carbocycles. The maximum Gasteiger partial charge on any atom is 0.127 e. The minimum Gasteiger partial charge on any atom is -0.493 e. The van der Waals surface area contributed by atoms with Gasteiger partial charge in [0.05, 0.1) is 12.6 Å². The molecule has 0 saturated heterocycles. The molecule has 0 radical (unpaired) electrons. The van der Waals surface area contributed by atoms with E-state index in [-0.39, 0.29) is 6.04 Å². The van der Waals surface area contributed by atoms with Crippen LogP contribution in [0.5, 0.6) is 5.75 Å². The van der Waals surface area contributed by atoms with Crippen LogP contribution < -0.4 is 16.0 Å². The Morgan fingerprint density at radius 1 is 1.29 bits per heavy atom. The van der Waals surface area contributed by atoms with Crippen LogP contribution in [0.2, 0.25) is 0 Å². The Labute approximate surface area is 129 Å². The van der Waals surface area contributed by atoms with Gasteiger partial charge in [-0.1, -0.05) is 35.9 Å². The Kier molecular flexibility index (Phi) is 4.48. The zero-order valence-electron chi connectivity index (χ0n) is 12.1. The Balaban J connectivity index is 1.75. The predicted molar refractivity (Wildman–Crippen MR) is 87.6 cm³/mol. The fourth-order valence-electron chi connectivity index (χ4n) is 2.63. The van der Waals surface area contributed by atoms with Gasteiger partial charge in [0.1, 0.15) is 5.75 Å². The summed E-state index contributed by atoms with van der Waals surface area (Å²) in [4.78, 5) is 1.27. The quantitative estimate of drug-likeness (QED) is 0.505. The van der Waals surface area contributed by atoms with Crippen molar-refractivity contribution >= 4 is 11.8 Å². The van der Waals surface area contributed by atoms with Crippen LogP contribution in [0, 0.1) is 6.92 Å². The van der Waals surface area contributed by atoms with Crippen LogP contribution in [0.1, 0.15) is 22.7 Å². The number of ether oxygens (including phenoxy) is 1. The van der Waals surface area contributed by atoms with Gasteiger partial charge in [0.2, 0.25) is 0 Å². The van der Waals surface area contributed by atoms with E-state index in [1.165, 1.54) is 16.0 Å². The Hall–Kier alpha value is -1.49. The van der Waals surface area contributed by atoms with Crippen LogP contribution in [0.4, 0.5) is 0 Å². The number of fused-ring (bicyclic) bond motifs is 1. The number of aryl methyl sites for hydroxylation is 1. The molecule has 1 atom stereocenters. The monoisotopic (exact) mass is 300 g/mol. The summed E-state index contributed by atoms with van der Waals surface area (Å²) in [6.07, 6.45) is 0.992. The molecule has 3 rings (SSSR count). The first kappa shape index (κ1) is 14.4. The molecule has 1 heterocycles. The molecular formula is C17H20N2OS. The van der Waals surface area contributed by atoms with Gasteiger partial charge in [-0.25, -0.2) is 0 Å². The molecule has 0 fully saturated rings. The van der Waals surface area contributed by atoms with E-state index in [9.17, 15) is 0 Å². The molecule has 0 aromatic heterocycles. The lowest BCUT2D eigenvalue weighted by Crippen LogP contribution is -2.30. The Bertz CT molecular complexity index is 630. The summed E-state index contributed by atoms with van der Waals surface area (Å²) in [5.41, 5.74) is 6.66.